The van der Waals surface area contributed by atoms with Crippen LogP contribution in [0.2, 0.25) is 0 Å². The molecule has 0 aliphatic rings. The number of nitrogens with zero attached hydrogens (tertiary/aromatic N) is 2. The van der Waals surface area contributed by atoms with Crippen molar-refractivity contribution in [1.29, 1.82) is 0 Å². The van der Waals surface area contributed by atoms with E-state index in [0.717, 1.165) is 17.5 Å². The van der Waals surface area contributed by atoms with Gasteiger partial charge in [-0.15, -0.1) is 0 Å². The number of aromatic nitrogens is 2. The lowest BCUT2D eigenvalue weighted by Crippen LogP contribution is -1.96. The summed E-state index contributed by atoms with van der Waals surface area (Å²) in [5.74, 6) is 1.08. The topological polar surface area (TPSA) is 42.9 Å². The van der Waals surface area contributed by atoms with Crippen LogP contribution >= 0.6 is 0 Å². The molecule has 0 radical (unpaired) electrons. The van der Waals surface area contributed by atoms with E-state index >= 15 is 0 Å². The summed E-state index contributed by atoms with van der Waals surface area (Å²) in [5.41, 5.74) is 2.61. The van der Waals surface area contributed by atoms with Crippen LogP contribution in [-0.2, 0) is 0 Å². The van der Waals surface area contributed by atoms with Gasteiger partial charge in [0, 0.05) is 23.0 Å². The summed E-state index contributed by atoms with van der Waals surface area (Å²) in [6.45, 7) is 4.20. The van der Waals surface area contributed by atoms with Crippen LogP contribution < -0.4 is 0 Å². The van der Waals surface area contributed by atoms with Gasteiger partial charge in [-0.1, -0.05) is 38.1 Å². The molecule has 17 heavy (non-hydrogen) atoms. The second kappa shape index (κ2) is 4.87. The average molecular weight is 226 g/mol. The molecule has 1 aromatic carbocycles. The van der Waals surface area contributed by atoms with E-state index in [-0.39, 0.29) is 0 Å². The van der Waals surface area contributed by atoms with Crippen molar-refractivity contribution in [3.63, 3.8) is 0 Å². The van der Waals surface area contributed by atoms with Gasteiger partial charge in [0.1, 0.15) is 6.29 Å². The monoisotopic (exact) mass is 226 g/mol. The summed E-state index contributed by atoms with van der Waals surface area (Å²) in [6, 6.07) is 9.20. The molecule has 0 atom stereocenters. The number of rotatable bonds is 3. The molecule has 0 N–H and O–H groups in total. The van der Waals surface area contributed by atoms with Crippen LogP contribution in [0.3, 0.4) is 0 Å². The Morgan fingerprint density at radius 1 is 1.12 bits per heavy atom. The Labute approximate surface area is 101 Å². The van der Waals surface area contributed by atoms with Crippen molar-refractivity contribution in [3.8, 4) is 11.4 Å². The summed E-state index contributed by atoms with van der Waals surface area (Å²) >= 11 is 0. The van der Waals surface area contributed by atoms with Crippen LogP contribution in [0.5, 0.6) is 0 Å². The van der Waals surface area contributed by atoms with Gasteiger partial charge in [0.15, 0.2) is 5.82 Å². The Morgan fingerprint density at radius 3 is 2.41 bits per heavy atom. The van der Waals surface area contributed by atoms with Gasteiger partial charge in [0.05, 0.1) is 0 Å². The zero-order chi connectivity index (χ0) is 12.3. The number of aldehydes is 1. The van der Waals surface area contributed by atoms with E-state index in [1.54, 1.807) is 18.3 Å². The van der Waals surface area contributed by atoms with Gasteiger partial charge in [-0.05, 0) is 12.0 Å². The fourth-order valence-electron chi connectivity index (χ4n) is 1.54. The lowest BCUT2D eigenvalue weighted by atomic mass is 10.1. The lowest BCUT2D eigenvalue weighted by molar-refractivity contribution is 0.112. The quantitative estimate of drug-likeness (QED) is 0.755. The van der Waals surface area contributed by atoms with Crippen molar-refractivity contribution in [2.75, 3.05) is 0 Å². The second-order valence-electron chi connectivity index (χ2n) is 4.20. The third-order valence-corrected chi connectivity index (χ3v) is 2.57. The molecular formula is C14H14N2O. The van der Waals surface area contributed by atoms with E-state index in [9.17, 15) is 4.79 Å². The average Bonchev–Trinajstić information content (AvgIpc) is 2.39. The summed E-state index contributed by atoms with van der Waals surface area (Å²) in [4.78, 5) is 19.3. The molecule has 0 saturated heterocycles. The van der Waals surface area contributed by atoms with Crippen LogP contribution in [0, 0.1) is 0 Å². The summed E-state index contributed by atoms with van der Waals surface area (Å²) in [5, 5.41) is 0. The van der Waals surface area contributed by atoms with E-state index < -0.39 is 0 Å². The Hall–Kier alpha value is -2.03. The van der Waals surface area contributed by atoms with Gasteiger partial charge in [0.25, 0.3) is 0 Å². The van der Waals surface area contributed by atoms with Crippen molar-refractivity contribution in [3.05, 3.63) is 47.8 Å². The third-order valence-electron chi connectivity index (χ3n) is 2.57. The van der Waals surface area contributed by atoms with Gasteiger partial charge in [-0.25, -0.2) is 9.97 Å². The first-order valence-electron chi connectivity index (χ1n) is 5.59. The Morgan fingerprint density at radius 2 is 1.82 bits per heavy atom. The number of carbonyl (C=O) groups is 1. The van der Waals surface area contributed by atoms with Gasteiger partial charge >= 0.3 is 0 Å². The van der Waals surface area contributed by atoms with E-state index in [1.165, 1.54) is 0 Å². The molecule has 1 heterocycles. The van der Waals surface area contributed by atoms with Gasteiger partial charge < -0.3 is 0 Å². The molecule has 0 saturated carbocycles. The van der Waals surface area contributed by atoms with Crippen molar-refractivity contribution < 1.29 is 4.79 Å². The molecule has 0 aliphatic carbocycles. The second-order valence-corrected chi connectivity index (χ2v) is 4.20. The van der Waals surface area contributed by atoms with Gasteiger partial charge in [0.2, 0.25) is 0 Å². The number of hydrogen-bond acceptors (Lipinski definition) is 3. The fourth-order valence-corrected chi connectivity index (χ4v) is 1.54. The Balaban J connectivity index is 2.38. The number of hydrogen-bond donors (Lipinski definition) is 0. The van der Waals surface area contributed by atoms with E-state index in [4.69, 9.17) is 0 Å². The predicted octanol–water partition coefficient (Wildman–Crippen LogP) is 3.08. The van der Waals surface area contributed by atoms with E-state index in [2.05, 4.69) is 23.8 Å². The zero-order valence-corrected chi connectivity index (χ0v) is 9.92. The van der Waals surface area contributed by atoms with Crippen molar-refractivity contribution in [2.24, 2.45) is 0 Å². The highest BCUT2D eigenvalue weighted by Gasteiger charge is 2.05. The van der Waals surface area contributed by atoms with Crippen molar-refractivity contribution in [2.45, 2.75) is 19.8 Å². The highest BCUT2D eigenvalue weighted by atomic mass is 16.1. The van der Waals surface area contributed by atoms with E-state index in [1.807, 2.05) is 18.2 Å². The third kappa shape index (κ3) is 2.56. The Kier molecular flexibility index (Phi) is 3.28. The molecule has 0 aliphatic heterocycles. The molecule has 0 spiro atoms. The van der Waals surface area contributed by atoms with Crippen LogP contribution in [0.1, 0.15) is 35.8 Å². The predicted molar refractivity (Wildman–Crippen MR) is 66.9 cm³/mol. The molecule has 86 valence electrons. The highest BCUT2D eigenvalue weighted by Crippen LogP contribution is 2.18. The van der Waals surface area contributed by atoms with Crippen molar-refractivity contribution >= 4 is 6.29 Å². The van der Waals surface area contributed by atoms with Crippen molar-refractivity contribution in [1.82, 2.24) is 9.97 Å². The molecule has 0 amide bonds. The molecule has 0 unspecified atom stereocenters. The van der Waals surface area contributed by atoms with Crippen LogP contribution in [0.15, 0.2) is 36.5 Å². The molecular weight excluding hydrogens is 212 g/mol. The first kappa shape index (κ1) is 11.5. The normalized spacial score (nSPS) is 10.5. The maximum absolute atomic E-state index is 10.6. The van der Waals surface area contributed by atoms with Gasteiger partial charge in [-0.3, -0.25) is 4.79 Å². The SMILES string of the molecule is CC(C)c1ccnc(-c2ccc(C=O)cc2)n1. The molecule has 3 heteroatoms. The standard InChI is InChI=1S/C14H14N2O/c1-10(2)13-7-8-15-14(16-13)12-5-3-11(9-17)4-6-12/h3-10H,1-2H3. The first-order chi connectivity index (χ1) is 8.20. The van der Waals surface area contributed by atoms with Gasteiger partial charge in [-0.2, -0.15) is 0 Å². The largest absolute Gasteiger partial charge is 0.298 e. The zero-order valence-electron chi connectivity index (χ0n) is 9.92. The smallest absolute Gasteiger partial charge is 0.159 e. The summed E-state index contributed by atoms with van der Waals surface area (Å²) in [7, 11) is 0. The van der Waals surface area contributed by atoms with E-state index in [0.29, 0.717) is 17.3 Å². The number of carbonyl (C=O) groups excluding carboxylic acids is 1. The summed E-state index contributed by atoms with van der Waals surface area (Å²) < 4.78 is 0. The van der Waals surface area contributed by atoms with Crippen LogP contribution in [0.25, 0.3) is 11.4 Å². The summed E-state index contributed by atoms with van der Waals surface area (Å²) in [6.07, 6.45) is 2.60. The molecule has 2 aromatic rings. The first-order valence-corrected chi connectivity index (χ1v) is 5.59. The molecule has 3 nitrogen and oxygen atoms in total. The maximum Gasteiger partial charge on any atom is 0.159 e. The fraction of sp³-hybridized carbons (Fsp3) is 0.214. The molecule has 0 fully saturated rings. The number of benzene rings is 1. The lowest BCUT2D eigenvalue weighted by Gasteiger charge is -2.06. The van der Waals surface area contributed by atoms with Crippen LogP contribution in [-0.4, -0.2) is 16.3 Å². The molecule has 1 aromatic heterocycles. The highest BCUT2D eigenvalue weighted by molar-refractivity contribution is 5.76. The minimum absolute atomic E-state index is 0.381. The minimum atomic E-state index is 0.381. The Bertz CT molecular complexity index is 518. The van der Waals surface area contributed by atoms with Crippen LogP contribution in [0.4, 0.5) is 0 Å². The maximum atomic E-state index is 10.6. The molecule has 2 rings (SSSR count). The molecule has 0 bridgehead atoms. The minimum Gasteiger partial charge on any atom is -0.298 e.